The van der Waals surface area contributed by atoms with Crippen LogP contribution in [0.4, 0.5) is 0 Å². The van der Waals surface area contributed by atoms with Crippen molar-refractivity contribution in [2.75, 3.05) is 0 Å². The molecule has 0 saturated heterocycles. The minimum Gasteiger partial charge on any atom is -0.478 e. The summed E-state index contributed by atoms with van der Waals surface area (Å²) < 4.78 is 1.01. The smallest absolute Gasteiger partial charge is 0.328 e. The van der Waals surface area contributed by atoms with E-state index in [0.29, 0.717) is 0 Å². The van der Waals surface area contributed by atoms with Gasteiger partial charge in [0.25, 0.3) is 0 Å². The molecule has 0 amide bonds. The molecule has 4 heteroatoms. The number of hydrogen-bond donors (Lipinski definition) is 1. The van der Waals surface area contributed by atoms with Gasteiger partial charge in [-0.05, 0) is 40.6 Å². The number of halogens is 1. The Balaban J connectivity index is 2.91. The molecule has 2 nitrogen and oxygen atoms in total. The highest BCUT2D eigenvalue weighted by atomic mass is 79.9. The summed E-state index contributed by atoms with van der Waals surface area (Å²) in [5, 5.41) is 8.47. The van der Waals surface area contributed by atoms with Crippen molar-refractivity contribution in [3.05, 3.63) is 26.9 Å². The van der Waals surface area contributed by atoms with Crippen LogP contribution in [0.15, 0.2) is 22.0 Å². The molecule has 0 bridgehead atoms. The summed E-state index contributed by atoms with van der Waals surface area (Å²) in [5.74, 6) is -0.906. The molecule has 1 aromatic rings. The van der Waals surface area contributed by atoms with Crippen LogP contribution in [0.5, 0.6) is 0 Å². The van der Waals surface area contributed by atoms with Crippen LogP contribution < -0.4 is 0 Å². The van der Waals surface area contributed by atoms with Crippen LogP contribution >= 0.6 is 27.3 Å². The van der Waals surface area contributed by atoms with Gasteiger partial charge in [-0.3, -0.25) is 0 Å². The van der Waals surface area contributed by atoms with Gasteiger partial charge in [0, 0.05) is 11.0 Å². The number of rotatable bonds is 2. The zero-order valence-electron chi connectivity index (χ0n) is 6.37. The van der Waals surface area contributed by atoms with Crippen LogP contribution in [0.2, 0.25) is 0 Å². The standard InChI is InChI=1S/C8H7BrO2S/c1-5(4-8(10)11)6-2-3-7(9)12-6/h2-4H,1H3,(H,10,11)/b5-4-. The van der Waals surface area contributed by atoms with Gasteiger partial charge in [0.15, 0.2) is 0 Å². The number of carboxylic acids is 1. The Morgan fingerprint density at radius 1 is 1.67 bits per heavy atom. The molecule has 1 heterocycles. The minimum atomic E-state index is -0.906. The lowest BCUT2D eigenvalue weighted by molar-refractivity contribution is -0.131. The van der Waals surface area contributed by atoms with E-state index in [0.717, 1.165) is 14.2 Å². The number of hydrogen-bond acceptors (Lipinski definition) is 2. The summed E-state index contributed by atoms with van der Waals surface area (Å²) in [6.07, 6.45) is 1.21. The fraction of sp³-hybridized carbons (Fsp3) is 0.125. The van der Waals surface area contributed by atoms with Gasteiger partial charge in [0.05, 0.1) is 3.79 Å². The van der Waals surface area contributed by atoms with Crippen LogP contribution in [0.3, 0.4) is 0 Å². The monoisotopic (exact) mass is 246 g/mol. The van der Waals surface area contributed by atoms with Crippen LogP contribution in [0.25, 0.3) is 5.57 Å². The van der Waals surface area contributed by atoms with Gasteiger partial charge in [-0.25, -0.2) is 4.79 Å². The highest BCUT2D eigenvalue weighted by Crippen LogP contribution is 2.27. The Labute approximate surface area is 82.7 Å². The third-order valence-electron chi connectivity index (χ3n) is 1.30. The molecule has 0 unspecified atom stereocenters. The van der Waals surface area contributed by atoms with Crippen LogP contribution in [-0.2, 0) is 4.79 Å². The molecule has 12 heavy (non-hydrogen) atoms. The molecule has 1 aromatic heterocycles. The first-order valence-corrected chi connectivity index (χ1v) is 4.87. The highest BCUT2D eigenvalue weighted by molar-refractivity contribution is 9.11. The lowest BCUT2D eigenvalue weighted by atomic mass is 10.2. The van der Waals surface area contributed by atoms with Crippen LogP contribution in [-0.4, -0.2) is 11.1 Å². The van der Waals surface area contributed by atoms with Gasteiger partial charge in [-0.15, -0.1) is 11.3 Å². The third kappa shape index (κ3) is 2.46. The average Bonchev–Trinajstić information content (AvgIpc) is 2.34. The average molecular weight is 247 g/mol. The summed E-state index contributed by atoms with van der Waals surface area (Å²) in [4.78, 5) is 11.3. The van der Waals surface area contributed by atoms with Crippen molar-refractivity contribution in [3.8, 4) is 0 Å². The van der Waals surface area contributed by atoms with Crippen LogP contribution in [0.1, 0.15) is 11.8 Å². The minimum absolute atomic E-state index is 0.776. The first-order chi connectivity index (χ1) is 5.59. The molecule has 1 N–H and O–H groups in total. The summed E-state index contributed by atoms with van der Waals surface area (Å²) >= 11 is 4.83. The number of carboxylic acid groups (broad SMARTS) is 1. The molecule has 0 aliphatic carbocycles. The zero-order chi connectivity index (χ0) is 9.14. The molecular weight excluding hydrogens is 240 g/mol. The first-order valence-electron chi connectivity index (χ1n) is 3.26. The van der Waals surface area contributed by atoms with Gasteiger partial charge < -0.3 is 5.11 Å². The lowest BCUT2D eigenvalue weighted by Gasteiger charge is -1.92. The Hall–Kier alpha value is -0.610. The van der Waals surface area contributed by atoms with E-state index in [2.05, 4.69) is 15.9 Å². The maximum atomic E-state index is 10.3. The SMILES string of the molecule is C/C(=C/C(=O)O)c1ccc(Br)s1. The van der Waals surface area contributed by atoms with Crippen molar-refractivity contribution in [1.82, 2.24) is 0 Å². The van der Waals surface area contributed by atoms with E-state index in [4.69, 9.17) is 5.11 Å². The molecule has 1 rings (SSSR count). The van der Waals surface area contributed by atoms with E-state index in [1.165, 1.54) is 17.4 Å². The second-order valence-electron chi connectivity index (χ2n) is 2.27. The normalized spacial score (nSPS) is 11.7. The molecule has 0 aliphatic heterocycles. The summed E-state index contributed by atoms with van der Waals surface area (Å²) in [6.45, 7) is 1.78. The van der Waals surface area contributed by atoms with E-state index >= 15 is 0 Å². The number of aliphatic carboxylic acids is 1. The molecule has 0 fully saturated rings. The number of allylic oxidation sites excluding steroid dienone is 1. The molecule has 0 aliphatic rings. The van der Waals surface area contributed by atoms with Crippen molar-refractivity contribution in [3.63, 3.8) is 0 Å². The van der Waals surface area contributed by atoms with E-state index in [1.807, 2.05) is 12.1 Å². The Morgan fingerprint density at radius 3 is 2.75 bits per heavy atom. The fourth-order valence-electron chi connectivity index (χ4n) is 0.783. The third-order valence-corrected chi connectivity index (χ3v) is 3.06. The van der Waals surface area contributed by atoms with Crippen molar-refractivity contribution >= 4 is 38.8 Å². The molecule has 64 valence electrons. The lowest BCUT2D eigenvalue weighted by Crippen LogP contribution is -1.87. The Bertz CT molecular complexity index is 328. The Kier molecular flexibility index (Phi) is 3.05. The van der Waals surface area contributed by atoms with Gasteiger partial charge in [0.2, 0.25) is 0 Å². The van der Waals surface area contributed by atoms with Gasteiger partial charge >= 0.3 is 5.97 Å². The summed E-state index contributed by atoms with van der Waals surface area (Å²) in [5.41, 5.74) is 0.776. The molecule has 0 radical (unpaired) electrons. The largest absolute Gasteiger partial charge is 0.478 e. The van der Waals surface area contributed by atoms with E-state index < -0.39 is 5.97 Å². The fourth-order valence-corrected chi connectivity index (χ4v) is 2.14. The van der Waals surface area contributed by atoms with E-state index in [9.17, 15) is 4.79 Å². The highest BCUT2D eigenvalue weighted by Gasteiger charge is 2.00. The topological polar surface area (TPSA) is 37.3 Å². The van der Waals surface area contributed by atoms with Crippen molar-refractivity contribution in [2.24, 2.45) is 0 Å². The predicted molar refractivity (Wildman–Crippen MR) is 53.3 cm³/mol. The quantitative estimate of drug-likeness (QED) is 0.815. The summed E-state index contributed by atoms with van der Waals surface area (Å²) in [7, 11) is 0. The van der Waals surface area contributed by atoms with Gasteiger partial charge in [0.1, 0.15) is 0 Å². The van der Waals surface area contributed by atoms with Crippen molar-refractivity contribution < 1.29 is 9.90 Å². The Morgan fingerprint density at radius 2 is 2.33 bits per heavy atom. The predicted octanol–water partition coefficient (Wildman–Crippen LogP) is 3.00. The molecule has 0 aromatic carbocycles. The maximum absolute atomic E-state index is 10.3. The van der Waals surface area contributed by atoms with E-state index in [-0.39, 0.29) is 0 Å². The molecule has 0 saturated carbocycles. The van der Waals surface area contributed by atoms with Gasteiger partial charge in [-0.2, -0.15) is 0 Å². The number of thiophene rings is 1. The van der Waals surface area contributed by atoms with Crippen molar-refractivity contribution in [2.45, 2.75) is 6.92 Å². The summed E-state index contributed by atoms with van der Waals surface area (Å²) in [6, 6.07) is 3.79. The number of carbonyl (C=O) groups is 1. The molecule has 0 spiro atoms. The second-order valence-corrected chi connectivity index (χ2v) is 4.73. The van der Waals surface area contributed by atoms with E-state index in [1.54, 1.807) is 6.92 Å². The maximum Gasteiger partial charge on any atom is 0.328 e. The first kappa shape index (κ1) is 9.48. The molecular formula is C8H7BrO2S. The second kappa shape index (κ2) is 3.87. The van der Waals surface area contributed by atoms with Crippen LogP contribution in [0, 0.1) is 0 Å². The van der Waals surface area contributed by atoms with Crippen molar-refractivity contribution in [1.29, 1.82) is 0 Å². The van der Waals surface area contributed by atoms with Gasteiger partial charge in [-0.1, -0.05) is 0 Å². The molecule has 0 atom stereocenters. The zero-order valence-corrected chi connectivity index (χ0v) is 8.78.